The van der Waals surface area contributed by atoms with Crippen LogP contribution in [-0.4, -0.2) is 9.78 Å². The van der Waals surface area contributed by atoms with Crippen molar-refractivity contribution in [3.63, 3.8) is 0 Å². The number of aromatic nitrogens is 2. The molecule has 0 spiro atoms. The van der Waals surface area contributed by atoms with Gasteiger partial charge in [-0.25, -0.2) is 0 Å². The fraction of sp³-hybridized carbons (Fsp3) is 0.727. The molecule has 1 aromatic heterocycles. The van der Waals surface area contributed by atoms with Gasteiger partial charge in [0.2, 0.25) is 0 Å². The van der Waals surface area contributed by atoms with Crippen molar-refractivity contribution in [1.29, 1.82) is 0 Å². The first-order chi connectivity index (χ1) is 7.47. The van der Waals surface area contributed by atoms with Gasteiger partial charge in [-0.3, -0.25) is 4.68 Å². The van der Waals surface area contributed by atoms with E-state index in [0.717, 1.165) is 31.7 Å². The molecule has 1 aromatic rings. The number of nitrogens with zero attached hydrogens (tertiary/aromatic N) is 2. The van der Waals surface area contributed by atoms with Crippen LogP contribution in [0.4, 0.5) is 13.2 Å². The van der Waals surface area contributed by atoms with E-state index in [9.17, 15) is 13.2 Å². The van der Waals surface area contributed by atoms with Gasteiger partial charge in [-0.05, 0) is 37.7 Å². The first-order valence-corrected chi connectivity index (χ1v) is 5.59. The second-order valence-electron chi connectivity index (χ2n) is 4.59. The fourth-order valence-corrected chi connectivity index (χ4v) is 2.20. The SMILES string of the molecule is CC1CCC(n2ccc(C(F)(F)F)n2)CC1. The van der Waals surface area contributed by atoms with Gasteiger partial charge in [0.15, 0.2) is 5.69 Å². The zero-order valence-electron chi connectivity index (χ0n) is 9.17. The number of hydrogen-bond donors (Lipinski definition) is 0. The standard InChI is InChI=1S/C11H15F3N2/c1-8-2-4-9(5-3-8)16-7-6-10(15-16)11(12,13)14/h6-9H,2-5H2,1H3. The molecule has 0 amide bonds. The summed E-state index contributed by atoms with van der Waals surface area (Å²) in [5, 5.41) is 3.62. The van der Waals surface area contributed by atoms with Gasteiger partial charge in [0.1, 0.15) is 0 Å². The van der Waals surface area contributed by atoms with Crippen molar-refractivity contribution >= 4 is 0 Å². The Morgan fingerprint density at radius 2 is 1.88 bits per heavy atom. The van der Waals surface area contributed by atoms with Gasteiger partial charge in [0.25, 0.3) is 0 Å². The monoisotopic (exact) mass is 232 g/mol. The molecular weight excluding hydrogens is 217 g/mol. The van der Waals surface area contributed by atoms with Gasteiger partial charge in [-0.15, -0.1) is 0 Å². The van der Waals surface area contributed by atoms with Crippen LogP contribution in [0.25, 0.3) is 0 Å². The lowest BCUT2D eigenvalue weighted by atomic mass is 9.87. The largest absolute Gasteiger partial charge is 0.435 e. The molecular formula is C11H15F3N2. The molecule has 0 aromatic carbocycles. The third-order valence-electron chi connectivity index (χ3n) is 3.26. The summed E-state index contributed by atoms with van der Waals surface area (Å²) in [6.45, 7) is 2.18. The maximum atomic E-state index is 12.4. The average Bonchev–Trinajstić information content (AvgIpc) is 2.67. The Bertz CT molecular complexity index is 348. The minimum atomic E-state index is -4.33. The maximum absolute atomic E-state index is 12.4. The van der Waals surface area contributed by atoms with Crippen LogP contribution in [0.15, 0.2) is 12.3 Å². The van der Waals surface area contributed by atoms with Gasteiger partial charge in [0, 0.05) is 6.20 Å². The molecule has 1 saturated carbocycles. The highest BCUT2D eigenvalue weighted by atomic mass is 19.4. The van der Waals surface area contributed by atoms with Crippen molar-refractivity contribution < 1.29 is 13.2 Å². The fourth-order valence-electron chi connectivity index (χ4n) is 2.20. The summed E-state index contributed by atoms with van der Waals surface area (Å²) in [5.74, 6) is 0.689. The van der Waals surface area contributed by atoms with Crippen molar-refractivity contribution in [2.45, 2.75) is 44.8 Å². The van der Waals surface area contributed by atoms with Crippen molar-refractivity contribution in [2.75, 3.05) is 0 Å². The zero-order chi connectivity index (χ0) is 11.8. The second kappa shape index (κ2) is 4.11. The molecule has 1 heterocycles. The van der Waals surface area contributed by atoms with Crippen LogP contribution in [0.1, 0.15) is 44.3 Å². The molecule has 16 heavy (non-hydrogen) atoms. The quantitative estimate of drug-likeness (QED) is 0.722. The van der Waals surface area contributed by atoms with Crippen LogP contribution in [0.3, 0.4) is 0 Å². The lowest BCUT2D eigenvalue weighted by Gasteiger charge is -2.26. The second-order valence-corrected chi connectivity index (χ2v) is 4.59. The molecule has 1 fully saturated rings. The maximum Gasteiger partial charge on any atom is 0.435 e. The highest BCUT2D eigenvalue weighted by Crippen LogP contribution is 2.33. The average molecular weight is 232 g/mol. The molecule has 0 saturated heterocycles. The Kier molecular flexibility index (Phi) is 2.95. The van der Waals surface area contributed by atoms with Crippen molar-refractivity contribution in [2.24, 2.45) is 5.92 Å². The van der Waals surface area contributed by atoms with Gasteiger partial charge < -0.3 is 0 Å². The minimum Gasteiger partial charge on any atom is -0.269 e. The van der Waals surface area contributed by atoms with Gasteiger partial charge in [-0.2, -0.15) is 18.3 Å². The van der Waals surface area contributed by atoms with Gasteiger partial charge in [-0.1, -0.05) is 6.92 Å². The van der Waals surface area contributed by atoms with Crippen LogP contribution in [0.2, 0.25) is 0 Å². The van der Waals surface area contributed by atoms with Crippen LogP contribution >= 0.6 is 0 Å². The van der Waals surface area contributed by atoms with Crippen LogP contribution in [-0.2, 0) is 6.18 Å². The minimum absolute atomic E-state index is 0.146. The Labute approximate surface area is 92.4 Å². The molecule has 0 atom stereocenters. The topological polar surface area (TPSA) is 17.8 Å². The zero-order valence-corrected chi connectivity index (χ0v) is 9.17. The molecule has 0 radical (unpaired) electrons. The molecule has 90 valence electrons. The summed E-state index contributed by atoms with van der Waals surface area (Å²) in [7, 11) is 0. The summed E-state index contributed by atoms with van der Waals surface area (Å²) in [5.41, 5.74) is -0.786. The number of rotatable bonds is 1. The van der Waals surface area contributed by atoms with Crippen LogP contribution < -0.4 is 0 Å². The van der Waals surface area contributed by atoms with E-state index in [0.29, 0.717) is 5.92 Å². The van der Waals surface area contributed by atoms with E-state index in [1.165, 1.54) is 10.9 Å². The number of hydrogen-bond acceptors (Lipinski definition) is 1. The van der Waals surface area contributed by atoms with E-state index in [1.807, 2.05) is 0 Å². The van der Waals surface area contributed by atoms with Crippen molar-refractivity contribution in [1.82, 2.24) is 9.78 Å². The molecule has 0 N–H and O–H groups in total. The van der Waals surface area contributed by atoms with Crippen molar-refractivity contribution in [3.05, 3.63) is 18.0 Å². The number of halogens is 3. The van der Waals surface area contributed by atoms with E-state index in [4.69, 9.17) is 0 Å². The lowest BCUT2D eigenvalue weighted by molar-refractivity contribution is -0.141. The molecule has 1 aliphatic carbocycles. The van der Waals surface area contributed by atoms with E-state index in [2.05, 4.69) is 12.0 Å². The van der Waals surface area contributed by atoms with Gasteiger partial charge >= 0.3 is 6.18 Å². The van der Waals surface area contributed by atoms with E-state index in [-0.39, 0.29) is 6.04 Å². The predicted molar refractivity (Wildman–Crippen MR) is 53.9 cm³/mol. The Hall–Kier alpha value is -1.00. The lowest BCUT2D eigenvalue weighted by Crippen LogP contribution is -2.18. The highest BCUT2D eigenvalue weighted by Gasteiger charge is 2.34. The summed E-state index contributed by atoms with van der Waals surface area (Å²) >= 11 is 0. The Morgan fingerprint density at radius 1 is 1.25 bits per heavy atom. The Balaban J connectivity index is 2.08. The van der Waals surface area contributed by atoms with E-state index >= 15 is 0 Å². The third kappa shape index (κ3) is 2.39. The molecule has 0 bridgehead atoms. The number of alkyl halides is 3. The van der Waals surface area contributed by atoms with E-state index in [1.54, 1.807) is 0 Å². The van der Waals surface area contributed by atoms with Gasteiger partial charge in [0.05, 0.1) is 6.04 Å². The molecule has 1 aliphatic rings. The molecule has 5 heteroatoms. The summed E-state index contributed by atoms with van der Waals surface area (Å²) in [4.78, 5) is 0. The summed E-state index contributed by atoms with van der Waals surface area (Å²) in [6.07, 6.45) is 1.13. The third-order valence-corrected chi connectivity index (χ3v) is 3.26. The van der Waals surface area contributed by atoms with Crippen LogP contribution in [0, 0.1) is 5.92 Å². The van der Waals surface area contributed by atoms with E-state index < -0.39 is 11.9 Å². The predicted octanol–water partition coefficient (Wildman–Crippen LogP) is 3.65. The Morgan fingerprint density at radius 3 is 2.38 bits per heavy atom. The summed E-state index contributed by atoms with van der Waals surface area (Å²) < 4.78 is 38.5. The highest BCUT2D eigenvalue weighted by molar-refractivity contribution is 5.04. The first-order valence-electron chi connectivity index (χ1n) is 5.59. The molecule has 2 nitrogen and oxygen atoms in total. The smallest absolute Gasteiger partial charge is 0.269 e. The normalized spacial score (nSPS) is 27.0. The van der Waals surface area contributed by atoms with Crippen LogP contribution in [0.5, 0.6) is 0 Å². The first kappa shape index (κ1) is 11.5. The van der Waals surface area contributed by atoms with Crippen molar-refractivity contribution in [3.8, 4) is 0 Å². The molecule has 2 rings (SSSR count). The molecule has 0 unspecified atom stereocenters. The summed E-state index contributed by atoms with van der Waals surface area (Å²) in [6, 6.07) is 1.20. The molecule has 0 aliphatic heterocycles.